The third-order valence-corrected chi connectivity index (χ3v) is 5.52. The maximum atomic E-state index is 12.8. The lowest BCUT2D eigenvalue weighted by Crippen LogP contribution is -2.28. The SMILES string of the molecule is COC(=O)c1ccc(C)c(S(=O)(=O)N[C@H](C)c2ccccc2OC)c1. The molecule has 0 bridgehead atoms. The van der Waals surface area contributed by atoms with Crippen molar-refractivity contribution in [2.24, 2.45) is 0 Å². The van der Waals surface area contributed by atoms with Gasteiger partial charge in [-0.1, -0.05) is 24.3 Å². The van der Waals surface area contributed by atoms with Crippen LogP contribution in [-0.4, -0.2) is 28.6 Å². The van der Waals surface area contributed by atoms with Crippen LogP contribution in [0.1, 0.15) is 34.5 Å². The zero-order valence-electron chi connectivity index (χ0n) is 14.6. The minimum atomic E-state index is -3.84. The Labute approximate surface area is 147 Å². The number of ether oxygens (including phenoxy) is 2. The number of rotatable bonds is 6. The summed E-state index contributed by atoms with van der Waals surface area (Å²) in [5.41, 5.74) is 1.43. The van der Waals surface area contributed by atoms with Crippen molar-refractivity contribution in [1.82, 2.24) is 4.72 Å². The summed E-state index contributed by atoms with van der Waals surface area (Å²) in [6.45, 7) is 3.40. The fourth-order valence-corrected chi connectivity index (χ4v) is 4.01. The number of benzene rings is 2. The number of nitrogens with one attached hydrogen (secondary N) is 1. The highest BCUT2D eigenvalue weighted by atomic mass is 32.2. The summed E-state index contributed by atoms with van der Waals surface area (Å²) < 4.78 is 38.2. The quantitative estimate of drug-likeness (QED) is 0.798. The van der Waals surface area contributed by atoms with E-state index in [0.717, 1.165) is 5.56 Å². The number of carbonyl (C=O) groups is 1. The van der Waals surface area contributed by atoms with Gasteiger partial charge in [-0.15, -0.1) is 0 Å². The molecule has 0 saturated carbocycles. The largest absolute Gasteiger partial charge is 0.496 e. The third-order valence-electron chi connectivity index (χ3n) is 3.84. The molecule has 2 aromatic carbocycles. The standard InChI is InChI=1S/C18H21NO5S/c1-12-9-10-14(18(20)24-4)11-17(12)25(21,22)19-13(2)15-7-5-6-8-16(15)23-3/h5-11,13,19H,1-4H3/t13-/m1/s1. The lowest BCUT2D eigenvalue weighted by molar-refractivity contribution is 0.0600. The summed E-state index contributed by atoms with van der Waals surface area (Å²) in [7, 11) is -1.06. The summed E-state index contributed by atoms with van der Waals surface area (Å²) in [5.74, 6) is 0.00644. The first-order chi connectivity index (χ1) is 11.8. The Morgan fingerprint density at radius 2 is 1.80 bits per heavy atom. The molecule has 0 heterocycles. The van der Waals surface area contributed by atoms with Crippen molar-refractivity contribution in [1.29, 1.82) is 0 Å². The van der Waals surface area contributed by atoms with Gasteiger partial charge in [-0.05, 0) is 37.6 Å². The number of aryl methyl sites for hydroxylation is 1. The van der Waals surface area contributed by atoms with Crippen LogP contribution in [0.15, 0.2) is 47.4 Å². The third kappa shape index (κ3) is 4.18. The van der Waals surface area contributed by atoms with E-state index >= 15 is 0 Å². The van der Waals surface area contributed by atoms with E-state index in [-0.39, 0.29) is 10.5 Å². The van der Waals surface area contributed by atoms with E-state index in [1.165, 1.54) is 26.4 Å². The average molecular weight is 363 g/mol. The molecular weight excluding hydrogens is 342 g/mol. The first-order valence-electron chi connectivity index (χ1n) is 7.64. The van der Waals surface area contributed by atoms with Gasteiger partial charge in [-0.25, -0.2) is 17.9 Å². The van der Waals surface area contributed by atoms with Gasteiger partial charge in [-0.2, -0.15) is 0 Å². The van der Waals surface area contributed by atoms with E-state index in [9.17, 15) is 13.2 Å². The number of carbonyl (C=O) groups excluding carboxylic acids is 1. The van der Waals surface area contributed by atoms with Crippen LogP contribution in [0.2, 0.25) is 0 Å². The summed E-state index contributed by atoms with van der Waals surface area (Å²) in [6.07, 6.45) is 0. The van der Waals surface area contributed by atoms with Crippen molar-refractivity contribution in [3.8, 4) is 5.75 Å². The van der Waals surface area contributed by atoms with E-state index in [0.29, 0.717) is 11.3 Å². The Hall–Kier alpha value is -2.38. The molecule has 2 aromatic rings. The van der Waals surface area contributed by atoms with Crippen LogP contribution >= 0.6 is 0 Å². The maximum absolute atomic E-state index is 12.8. The second-order valence-electron chi connectivity index (χ2n) is 5.56. The molecule has 0 aliphatic heterocycles. The topological polar surface area (TPSA) is 81.7 Å². The molecule has 0 radical (unpaired) electrons. The van der Waals surface area contributed by atoms with Gasteiger partial charge in [0.25, 0.3) is 0 Å². The molecule has 0 saturated heterocycles. The van der Waals surface area contributed by atoms with Crippen molar-refractivity contribution in [2.75, 3.05) is 14.2 Å². The predicted octanol–water partition coefficient (Wildman–Crippen LogP) is 2.83. The number of hydrogen-bond donors (Lipinski definition) is 1. The Morgan fingerprint density at radius 1 is 1.12 bits per heavy atom. The van der Waals surface area contributed by atoms with Crippen molar-refractivity contribution in [3.05, 3.63) is 59.2 Å². The van der Waals surface area contributed by atoms with E-state index in [1.807, 2.05) is 12.1 Å². The molecule has 0 spiro atoms. The van der Waals surface area contributed by atoms with Crippen molar-refractivity contribution in [2.45, 2.75) is 24.8 Å². The normalized spacial score (nSPS) is 12.5. The monoisotopic (exact) mass is 363 g/mol. The fraction of sp³-hybridized carbons (Fsp3) is 0.278. The molecule has 1 atom stereocenters. The van der Waals surface area contributed by atoms with Crippen LogP contribution in [0, 0.1) is 6.92 Å². The zero-order chi connectivity index (χ0) is 18.6. The van der Waals surface area contributed by atoms with Crippen molar-refractivity contribution in [3.63, 3.8) is 0 Å². The lowest BCUT2D eigenvalue weighted by Gasteiger charge is -2.18. The molecule has 25 heavy (non-hydrogen) atoms. The number of hydrogen-bond acceptors (Lipinski definition) is 5. The van der Waals surface area contributed by atoms with Crippen molar-refractivity contribution >= 4 is 16.0 Å². The van der Waals surface area contributed by atoms with Crippen LogP contribution in [0.25, 0.3) is 0 Å². The average Bonchev–Trinajstić information content (AvgIpc) is 2.60. The van der Waals surface area contributed by atoms with E-state index in [2.05, 4.69) is 9.46 Å². The molecule has 1 N–H and O–H groups in total. The fourth-order valence-electron chi connectivity index (χ4n) is 2.52. The number of sulfonamides is 1. The summed E-state index contributed by atoms with van der Waals surface area (Å²) in [4.78, 5) is 11.7. The molecule has 134 valence electrons. The Balaban J connectivity index is 2.37. The number of esters is 1. The number of para-hydroxylation sites is 1. The molecule has 0 amide bonds. The van der Waals surface area contributed by atoms with Crippen LogP contribution in [0.5, 0.6) is 5.75 Å². The van der Waals surface area contributed by atoms with Gasteiger partial charge >= 0.3 is 5.97 Å². The summed E-state index contributed by atoms with van der Waals surface area (Å²) in [5, 5.41) is 0. The maximum Gasteiger partial charge on any atom is 0.337 e. The van der Waals surface area contributed by atoms with Gasteiger partial charge in [-0.3, -0.25) is 0 Å². The van der Waals surface area contributed by atoms with Crippen LogP contribution in [0.3, 0.4) is 0 Å². The van der Waals surface area contributed by atoms with Gasteiger partial charge in [0.05, 0.1) is 24.7 Å². The minimum Gasteiger partial charge on any atom is -0.496 e. The second-order valence-corrected chi connectivity index (χ2v) is 7.24. The molecule has 0 unspecified atom stereocenters. The molecule has 6 nitrogen and oxygen atoms in total. The van der Waals surface area contributed by atoms with Crippen molar-refractivity contribution < 1.29 is 22.7 Å². The predicted molar refractivity (Wildman–Crippen MR) is 94.2 cm³/mol. The first kappa shape index (κ1) is 19.0. The lowest BCUT2D eigenvalue weighted by atomic mass is 10.1. The Kier molecular flexibility index (Phi) is 5.81. The van der Waals surface area contributed by atoms with Gasteiger partial charge in [0.15, 0.2) is 0 Å². The number of methoxy groups -OCH3 is 2. The minimum absolute atomic E-state index is 0.0390. The van der Waals surface area contributed by atoms with Gasteiger partial charge in [0, 0.05) is 11.6 Å². The smallest absolute Gasteiger partial charge is 0.337 e. The van der Waals surface area contributed by atoms with Crippen LogP contribution < -0.4 is 9.46 Å². The van der Waals surface area contributed by atoms with Gasteiger partial charge in [0.2, 0.25) is 10.0 Å². The molecule has 0 aromatic heterocycles. The van der Waals surface area contributed by atoms with Gasteiger partial charge in [0.1, 0.15) is 5.75 Å². The van der Waals surface area contributed by atoms with Crippen LogP contribution in [-0.2, 0) is 14.8 Å². The molecule has 7 heteroatoms. The molecule has 0 aliphatic rings. The van der Waals surface area contributed by atoms with E-state index < -0.39 is 22.0 Å². The van der Waals surface area contributed by atoms with Crippen LogP contribution in [0.4, 0.5) is 0 Å². The summed E-state index contributed by atoms with van der Waals surface area (Å²) >= 11 is 0. The summed E-state index contributed by atoms with van der Waals surface area (Å²) in [6, 6.07) is 11.1. The van der Waals surface area contributed by atoms with E-state index in [1.54, 1.807) is 32.0 Å². The highest BCUT2D eigenvalue weighted by Gasteiger charge is 2.23. The highest BCUT2D eigenvalue weighted by molar-refractivity contribution is 7.89. The second kappa shape index (κ2) is 7.67. The molecule has 0 aliphatic carbocycles. The molecular formula is C18H21NO5S. The highest BCUT2D eigenvalue weighted by Crippen LogP contribution is 2.27. The Morgan fingerprint density at radius 3 is 2.44 bits per heavy atom. The zero-order valence-corrected chi connectivity index (χ0v) is 15.4. The Bertz CT molecular complexity index is 877. The molecule has 0 fully saturated rings. The first-order valence-corrected chi connectivity index (χ1v) is 9.12. The van der Waals surface area contributed by atoms with E-state index in [4.69, 9.17) is 4.74 Å². The molecule has 2 rings (SSSR count). The van der Waals surface area contributed by atoms with Gasteiger partial charge < -0.3 is 9.47 Å².